The molecule has 4 unspecified atom stereocenters. The summed E-state index contributed by atoms with van der Waals surface area (Å²) in [5, 5.41) is 90.8. The summed E-state index contributed by atoms with van der Waals surface area (Å²) in [6.45, 7) is -1.24. The van der Waals surface area contributed by atoms with Gasteiger partial charge in [-0.25, -0.2) is 0 Å². The number of hydrogen-bond donors (Lipinski definition) is 9. The molecule has 9 N–H and O–H groups in total. The van der Waals surface area contributed by atoms with Gasteiger partial charge >= 0.3 is 0 Å². The van der Waals surface area contributed by atoms with Crippen molar-refractivity contribution in [1.29, 1.82) is 0 Å². The van der Waals surface area contributed by atoms with Crippen LogP contribution in [0.4, 0.5) is 0 Å². The average molecular weight is 625 g/mol. The molecule has 2 aliphatic heterocycles. The molecular formula is C28H32O16. The molecule has 0 bridgehead atoms. The number of benzene rings is 2. The molecular weight excluding hydrogens is 592 g/mol. The summed E-state index contributed by atoms with van der Waals surface area (Å²) in [6.07, 6.45) is -14.0. The predicted molar refractivity (Wildman–Crippen MR) is 145 cm³/mol. The van der Waals surface area contributed by atoms with E-state index in [2.05, 4.69) is 0 Å². The van der Waals surface area contributed by atoms with Crippen LogP contribution < -0.4 is 14.9 Å². The van der Waals surface area contributed by atoms with Crippen LogP contribution in [0.5, 0.6) is 28.7 Å². The molecule has 0 aliphatic carbocycles. The van der Waals surface area contributed by atoms with Crippen LogP contribution in [0, 0.1) is 0 Å². The second-order valence-corrected chi connectivity index (χ2v) is 10.4. The van der Waals surface area contributed by atoms with E-state index in [0.29, 0.717) is 0 Å². The Hall–Kier alpha value is -3.71. The molecule has 0 radical (unpaired) electrons. The first-order valence-corrected chi connectivity index (χ1v) is 13.4. The first-order valence-electron chi connectivity index (χ1n) is 13.4. The van der Waals surface area contributed by atoms with Crippen molar-refractivity contribution in [2.45, 2.75) is 61.7 Å². The molecule has 2 aromatic carbocycles. The lowest BCUT2D eigenvalue weighted by Crippen LogP contribution is -2.60. The fourth-order valence-electron chi connectivity index (χ4n) is 5.04. The highest BCUT2D eigenvalue weighted by molar-refractivity contribution is 5.88. The predicted octanol–water partition coefficient (Wildman–Crippen LogP) is -1.38. The Morgan fingerprint density at radius 1 is 0.886 bits per heavy atom. The molecule has 3 heterocycles. The second-order valence-electron chi connectivity index (χ2n) is 10.4. The van der Waals surface area contributed by atoms with Gasteiger partial charge in [0.1, 0.15) is 59.1 Å². The van der Waals surface area contributed by atoms with Crippen molar-refractivity contribution in [1.82, 2.24) is 0 Å². The standard InChI is InChI=1S/C28H32O16/c1-39-15-4-10(2-3-12(15)31)26-27(23(36)20-13(32)5-11(30)6-16(20)42-26)44-19-7-14(33)21(34)18(41-19)9-40-28-25(38)24(37)22(35)17(8-29)43-28/h2-6,14,17-19,21-22,24-25,28-35,37-38H,7-9H2,1H3/t14?,17?,18?,19-,21-,22-,24?,25-,28+/m0/s1. The monoisotopic (exact) mass is 624 g/mol. The number of fused-ring (bicyclic) bond motifs is 1. The van der Waals surface area contributed by atoms with Gasteiger partial charge in [0.25, 0.3) is 0 Å². The maximum atomic E-state index is 13.7. The molecule has 2 fully saturated rings. The highest BCUT2D eigenvalue weighted by Crippen LogP contribution is 2.39. The molecule has 240 valence electrons. The van der Waals surface area contributed by atoms with Gasteiger partial charge in [-0.15, -0.1) is 0 Å². The zero-order valence-electron chi connectivity index (χ0n) is 23.1. The van der Waals surface area contributed by atoms with Gasteiger partial charge in [0.2, 0.25) is 17.5 Å². The summed E-state index contributed by atoms with van der Waals surface area (Å²) in [5.74, 6) is -1.91. The van der Waals surface area contributed by atoms with Gasteiger partial charge in [-0.1, -0.05) is 0 Å². The van der Waals surface area contributed by atoms with Crippen molar-refractivity contribution in [2.75, 3.05) is 20.3 Å². The third-order valence-electron chi connectivity index (χ3n) is 7.42. The maximum absolute atomic E-state index is 13.7. The molecule has 44 heavy (non-hydrogen) atoms. The van der Waals surface area contributed by atoms with Gasteiger partial charge < -0.3 is 74.1 Å². The minimum Gasteiger partial charge on any atom is -0.508 e. The van der Waals surface area contributed by atoms with E-state index in [0.717, 1.165) is 12.1 Å². The molecule has 9 atom stereocenters. The molecule has 3 aromatic rings. The Kier molecular flexibility index (Phi) is 9.17. The van der Waals surface area contributed by atoms with Gasteiger partial charge in [-0.3, -0.25) is 4.79 Å². The molecule has 2 aliphatic rings. The molecule has 2 saturated heterocycles. The summed E-state index contributed by atoms with van der Waals surface area (Å²) in [6, 6.07) is 6.02. The largest absolute Gasteiger partial charge is 0.508 e. The van der Waals surface area contributed by atoms with Gasteiger partial charge in [0.15, 0.2) is 23.5 Å². The van der Waals surface area contributed by atoms with E-state index in [1.54, 1.807) is 0 Å². The van der Waals surface area contributed by atoms with Crippen molar-refractivity contribution < 1.29 is 74.1 Å². The van der Waals surface area contributed by atoms with Crippen molar-refractivity contribution >= 4 is 11.0 Å². The zero-order valence-corrected chi connectivity index (χ0v) is 23.1. The smallest absolute Gasteiger partial charge is 0.239 e. The lowest BCUT2D eigenvalue weighted by Gasteiger charge is -2.41. The highest BCUT2D eigenvalue weighted by Gasteiger charge is 2.45. The first-order chi connectivity index (χ1) is 20.9. The number of ether oxygens (including phenoxy) is 5. The number of aliphatic hydroxyl groups excluding tert-OH is 6. The lowest BCUT2D eigenvalue weighted by molar-refractivity contribution is -0.315. The Bertz CT molecular complexity index is 1540. The minimum absolute atomic E-state index is 0.0211. The van der Waals surface area contributed by atoms with E-state index in [1.165, 1.54) is 25.3 Å². The van der Waals surface area contributed by atoms with Gasteiger partial charge in [-0.05, 0) is 18.2 Å². The number of phenols is 3. The molecule has 16 heteroatoms. The maximum Gasteiger partial charge on any atom is 0.239 e. The fraction of sp³-hybridized carbons (Fsp3) is 0.464. The third-order valence-corrected chi connectivity index (χ3v) is 7.42. The van der Waals surface area contributed by atoms with Crippen LogP contribution in [0.25, 0.3) is 22.3 Å². The van der Waals surface area contributed by atoms with Gasteiger partial charge in [-0.2, -0.15) is 0 Å². The Labute approximate surface area is 248 Å². The summed E-state index contributed by atoms with van der Waals surface area (Å²) in [4.78, 5) is 13.7. The van der Waals surface area contributed by atoms with Crippen molar-refractivity contribution in [3.8, 4) is 40.1 Å². The Morgan fingerprint density at radius 3 is 2.34 bits per heavy atom. The molecule has 0 spiro atoms. The molecule has 0 saturated carbocycles. The van der Waals surface area contributed by atoms with Crippen LogP contribution in [0.3, 0.4) is 0 Å². The number of rotatable bonds is 8. The third kappa shape index (κ3) is 5.99. The Balaban J connectivity index is 1.45. The number of hydrogen-bond acceptors (Lipinski definition) is 16. The van der Waals surface area contributed by atoms with Crippen LogP contribution in [0.2, 0.25) is 0 Å². The molecule has 16 nitrogen and oxygen atoms in total. The minimum atomic E-state index is -1.73. The van der Waals surface area contributed by atoms with E-state index in [9.17, 15) is 50.8 Å². The molecule has 0 amide bonds. The van der Waals surface area contributed by atoms with E-state index < -0.39 is 91.2 Å². The molecule has 5 rings (SSSR count). The van der Waals surface area contributed by atoms with E-state index >= 15 is 0 Å². The Morgan fingerprint density at radius 2 is 1.64 bits per heavy atom. The highest BCUT2D eigenvalue weighted by atomic mass is 16.7. The van der Waals surface area contributed by atoms with E-state index in [-0.39, 0.29) is 40.2 Å². The summed E-state index contributed by atoms with van der Waals surface area (Å²) >= 11 is 0. The normalized spacial score (nSPS) is 30.8. The lowest BCUT2D eigenvalue weighted by atomic mass is 9.99. The van der Waals surface area contributed by atoms with Gasteiger partial charge in [0, 0.05) is 24.1 Å². The van der Waals surface area contributed by atoms with Crippen LogP contribution in [0.1, 0.15) is 6.42 Å². The summed E-state index contributed by atoms with van der Waals surface area (Å²) in [5.41, 5.74) is -0.910. The van der Waals surface area contributed by atoms with E-state index in [4.69, 9.17) is 28.1 Å². The SMILES string of the molecule is COc1cc(-c2oc3cc(O)cc(O)c3c(=O)c2O[C@H]2CC(O)[C@H](O)C(CO[C@@H]3OC(CO)[C@H](O)C(O)[C@@H]3O)O2)ccc1O. The zero-order chi connectivity index (χ0) is 31.9. The number of aromatic hydroxyl groups is 3. The quantitative estimate of drug-likeness (QED) is 0.140. The summed E-state index contributed by atoms with van der Waals surface area (Å²) in [7, 11) is 1.30. The van der Waals surface area contributed by atoms with Gasteiger partial charge in [0.05, 0.1) is 26.4 Å². The van der Waals surface area contributed by atoms with Crippen LogP contribution in [-0.2, 0) is 14.2 Å². The van der Waals surface area contributed by atoms with Crippen molar-refractivity contribution in [3.05, 3.63) is 40.6 Å². The number of aliphatic hydroxyl groups is 6. The average Bonchev–Trinajstić information content (AvgIpc) is 2.99. The number of methoxy groups -OCH3 is 1. The fourth-order valence-corrected chi connectivity index (χ4v) is 5.04. The summed E-state index contributed by atoms with van der Waals surface area (Å²) < 4.78 is 33.4. The topological polar surface area (TPSA) is 258 Å². The van der Waals surface area contributed by atoms with Crippen LogP contribution in [0.15, 0.2) is 39.5 Å². The van der Waals surface area contributed by atoms with Crippen LogP contribution >= 0.6 is 0 Å². The van der Waals surface area contributed by atoms with Crippen LogP contribution in [-0.4, -0.2) is 122 Å². The van der Waals surface area contributed by atoms with Crippen molar-refractivity contribution in [2.24, 2.45) is 0 Å². The number of phenolic OH excluding ortho intramolecular Hbond substituents is 3. The first kappa shape index (κ1) is 31.7. The van der Waals surface area contributed by atoms with E-state index in [1.807, 2.05) is 0 Å². The molecule has 1 aromatic heterocycles. The second kappa shape index (κ2) is 12.7. The van der Waals surface area contributed by atoms with Crippen molar-refractivity contribution in [3.63, 3.8) is 0 Å².